The molecule has 2 aromatic carbocycles. The molecular formula is C26H31NO2. The third-order valence-corrected chi connectivity index (χ3v) is 5.07. The van der Waals surface area contributed by atoms with Crippen molar-refractivity contribution in [2.24, 2.45) is 5.92 Å². The van der Waals surface area contributed by atoms with Gasteiger partial charge in [0.1, 0.15) is 11.6 Å². The van der Waals surface area contributed by atoms with Crippen molar-refractivity contribution in [3.63, 3.8) is 0 Å². The lowest BCUT2D eigenvalue weighted by molar-refractivity contribution is -0.140. The summed E-state index contributed by atoms with van der Waals surface area (Å²) in [5.41, 5.74) is 2.35. The van der Waals surface area contributed by atoms with Crippen LogP contribution in [0.2, 0.25) is 0 Å². The average molecular weight is 390 g/mol. The Kier molecular flexibility index (Phi) is 9.72. The normalized spacial score (nSPS) is 10.4. The zero-order valence-corrected chi connectivity index (χ0v) is 17.6. The third-order valence-electron chi connectivity index (χ3n) is 5.07. The number of rotatable bonds is 11. The summed E-state index contributed by atoms with van der Waals surface area (Å²) < 4.78 is 5.66. The molecule has 0 aromatic heterocycles. The summed E-state index contributed by atoms with van der Waals surface area (Å²) in [6, 6.07) is 21.2. The summed E-state index contributed by atoms with van der Waals surface area (Å²) in [4.78, 5) is 12.9. The second kappa shape index (κ2) is 12.6. The van der Waals surface area contributed by atoms with Gasteiger partial charge in [0, 0.05) is 5.57 Å². The summed E-state index contributed by atoms with van der Waals surface area (Å²) in [6.45, 7) is 4.72. The summed E-state index contributed by atoms with van der Waals surface area (Å²) >= 11 is 0. The number of carbonyl (C=O) groups excluding carboxylic acids is 1. The van der Waals surface area contributed by atoms with E-state index >= 15 is 0 Å². The number of nitrogens with zero attached hydrogens (tertiary/aromatic N) is 1. The Morgan fingerprint density at radius 1 is 0.897 bits per heavy atom. The lowest BCUT2D eigenvalue weighted by Crippen LogP contribution is -2.16. The van der Waals surface area contributed by atoms with Crippen LogP contribution in [0.5, 0.6) is 0 Å². The summed E-state index contributed by atoms with van der Waals surface area (Å²) in [6.07, 6.45) is 6.63. The van der Waals surface area contributed by atoms with Crippen molar-refractivity contribution in [3.05, 3.63) is 77.4 Å². The van der Waals surface area contributed by atoms with E-state index in [9.17, 15) is 10.1 Å². The van der Waals surface area contributed by atoms with Crippen LogP contribution in [0.15, 0.2) is 66.2 Å². The summed E-state index contributed by atoms with van der Waals surface area (Å²) in [5.74, 6) is -0.177. The Balaban J connectivity index is 2.29. The maximum Gasteiger partial charge on any atom is 0.349 e. The second-order valence-corrected chi connectivity index (χ2v) is 7.34. The molecule has 0 saturated carbocycles. The summed E-state index contributed by atoms with van der Waals surface area (Å²) in [5, 5.41) is 9.83. The van der Waals surface area contributed by atoms with Crippen molar-refractivity contribution in [1.82, 2.24) is 0 Å². The van der Waals surface area contributed by atoms with E-state index < -0.39 is 5.97 Å². The van der Waals surface area contributed by atoms with Gasteiger partial charge in [-0.1, -0.05) is 100 Å². The fraction of sp³-hybridized carbons (Fsp3) is 0.385. The molecule has 0 atom stereocenters. The quantitative estimate of drug-likeness (QED) is 0.249. The first kappa shape index (κ1) is 22.4. The highest BCUT2D eigenvalue weighted by molar-refractivity contribution is 6.05. The van der Waals surface area contributed by atoms with Crippen LogP contribution in [-0.2, 0) is 9.53 Å². The molecule has 0 amide bonds. The van der Waals surface area contributed by atoms with Crippen molar-refractivity contribution >= 4 is 11.5 Å². The molecule has 0 spiro atoms. The predicted octanol–water partition coefficient (Wildman–Crippen LogP) is 6.55. The highest BCUT2D eigenvalue weighted by atomic mass is 16.5. The van der Waals surface area contributed by atoms with E-state index in [0.29, 0.717) is 18.1 Å². The Morgan fingerprint density at radius 3 is 1.79 bits per heavy atom. The lowest BCUT2D eigenvalue weighted by Gasteiger charge is -2.17. The van der Waals surface area contributed by atoms with E-state index in [1.165, 1.54) is 0 Å². The molecule has 0 aliphatic carbocycles. The average Bonchev–Trinajstić information content (AvgIpc) is 2.77. The van der Waals surface area contributed by atoms with Crippen LogP contribution in [0.1, 0.15) is 63.5 Å². The molecule has 0 N–H and O–H groups in total. The van der Waals surface area contributed by atoms with Crippen molar-refractivity contribution in [2.75, 3.05) is 6.61 Å². The minimum absolute atomic E-state index is 0.0622. The number of unbranched alkanes of at least 4 members (excludes halogenated alkanes) is 2. The zero-order valence-electron chi connectivity index (χ0n) is 17.6. The van der Waals surface area contributed by atoms with Crippen LogP contribution in [0.4, 0.5) is 0 Å². The minimum atomic E-state index is -0.534. The van der Waals surface area contributed by atoms with Crippen LogP contribution in [0.3, 0.4) is 0 Å². The van der Waals surface area contributed by atoms with Gasteiger partial charge in [0.2, 0.25) is 0 Å². The topological polar surface area (TPSA) is 50.1 Å². The molecule has 0 unspecified atom stereocenters. The smallest absolute Gasteiger partial charge is 0.349 e. The maximum absolute atomic E-state index is 12.9. The molecular weight excluding hydrogens is 358 g/mol. The van der Waals surface area contributed by atoms with Gasteiger partial charge in [0.15, 0.2) is 0 Å². The van der Waals surface area contributed by atoms with Crippen molar-refractivity contribution in [1.29, 1.82) is 5.26 Å². The van der Waals surface area contributed by atoms with Crippen LogP contribution >= 0.6 is 0 Å². The second-order valence-electron chi connectivity index (χ2n) is 7.34. The first-order valence-electron chi connectivity index (χ1n) is 10.6. The standard InChI is InChI=1S/C26H31NO2/c1-3-5-13-21(14-6-4-2)20-29-26(28)24(19-27)25(22-15-9-7-10-16-22)23-17-11-8-12-18-23/h7-12,15-18,21H,3-6,13-14,20H2,1-2H3. The molecule has 0 aliphatic heterocycles. The molecule has 0 saturated heterocycles. The molecule has 29 heavy (non-hydrogen) atoms. The van der Waals surface area contributed by atoms with Crippen molar-refractivity contribution in [3.8, 4) is 6.07 Å². The SMILES string of the molecule is CCCCC(CCCC)COC(=O)C(C#N)=C(c1ccccc1)c1ccccc1. The molecule has 0 aliphatic rings. The number of nitriles is 1. The fourth-order valence-corrected chi connectivity index (χ4v) is 3.43. The van der Waals surface area contributed by atoms with Crippen LogP contribution < -0.4 is 0 Å². The van der Waals surface area contributed by atoms with E-state index in [1.54, 1.807) is 0 Å². The fourth-order valence-electron chi connectivity index (χ4n) is 3.43. The number of hydrogen-bond donors (Lipinski definition) is 0. The molecule has 2 rings (SSSR count). The molecule has 0 heterocycles. The Bertz CT molecular complexity index is 769. The lowest BCUT2D eigenvalue weighted by atomic mass is 9.93. The van der Waals surface area contributed by atoms with Gasteiger partial charge >= 0.3 is 5.97 Å². The van der Waals surface area contributed by atoms with Crippen molar-refractivity contribution < 1.29 is 9.53 Å². The van der Waals surface area contributed by atoms with Gasteiger partial charge in [-0.25, -0.2) is 4.79 Å². The molecule has 152 valence electrons. The number of benzene rings is 2. The van der Waals surface area contributed by atoms with Gasteiger partial charge in [-0.15, -0.1) is 0 Å². The third kappa shape index (κ3) is 6.91. The Hall–Kier alpha value is -2.86. The van der Waals surface area contributed by atoms with Gasteiger partial charge < -0.3 is 4.74 Å². The van der Waals surface area contributed by atoms with Gasteiger partial charge in [0.25, 0.3) is 0 Å². The highest BCUT2D eigenvalue weighted by Gasteiger charge is 2.21. The van der Waals surface area contributed by atoms with Gasteiger partial charge in [-0.05, 0) is 29.9 Å². The molecule has 3 nitrogen and oxygen atoms in total. The van der Waals surface area contributed by atoms with E-state index in [0.717, 1.165) is 49.7 Å². The van der Waals surface area contributed by atoms with Crippen LogP contribution in [0, 0.1) is 17.2 Å². The molecule has 0 bridgehead atoms. The first-order chi connectivity index (χ1) is 14.2. The minimum Gasteiger partial charge on any atom is -0.461 e. The Morgan fingerprint density at radius 2 is 1.38 bits per heavy atom. The van der Waals surface area contributed by atoms with Crippen LogP contribution in [0.25, 0.3) is 5.57 Å². The number of hydrogen-bond acceptors (Lipinski definition) is 3. The van der Waals surface area contributed by atoms with E-state index in [2.05, 4.69) is 19.9 Å². The van der Waals surface area contributed by atoms with E-state index in [1.807, 2.05) is 60.7 Å². The molecule has 0 radical (unpaired) electrons. The summed E-state index contributed by atoms with van der Waals surface area (Å²) in [7, 11) is 0. The van der Waals surface area contributed by atoms with E-state index in [4.69, 9.17) is 4.74 Å². The van der Waals surface area contributed by atoms with Gasteiger partial charge in [-0.3, -0.25) is 0 Å². The monoisotopic (exact) mass is 389 g/mol. The van der Waals surface area contributed by atoms with Gasteiger partial charge in [0.05, 0.1) is 6.61 Å². The van der Waals surface area contributed by atoms with E-state index in [-0.39, 0.29) is 5.57 Å². The first-order valence-corrected chi connectivity index (χ1v) is 10.6. The van der Waals surface area contributed by atoms with Crippen LogP contribution in [-0.4, -0.2) is 12.6 Å². The molecule has 0 fully saturated rings. The predicted molar refractivity (Wildman–Crippen MR) is 118 cm³/mol. The highest BCUT2D eigenvalue weighted by Crippen LogP contribution is 2.28. The number of ether oxygens (including phenoxy) is 1. The molecule has 2 aromatic rings. The largest absolute Gasteiger partial charge is 0.461 e. The number of esters is 1. The Labute approximate surface area is 175 Å². The van der Waals surface area contributed by atoms with Crippen molar-refractivity contribution in [2.45, 2.75) is 52.4 Å². The van der Waals surface area contributed by atoms with Gasteiger partial charge in [-0.2, -0.15) is 5.26 Å². The zero-order chi connectivity index (χ0) is 20.9. The molecule has 3 heteroatoms. The maximum atomic E-state index is 12.9. The number of carbonyl (C=O) groups is 1.